The third kappa shape index (κ3) is 19.9. The second-order valence-corrected chi connectivity index (χ2v) is 6.61. The molecular formula is C19H39NS. The first-order chi connectivity index (χ1) is 10.4. The van der Waals surface area contributed by atoms with E-state index >= 15 is 0 Å². The van der Waals surface area contributed by atoms with Crippen molar-refractivity contribution >= 4 is 17.7 Å². The SMILES string of the molecule is CCCCCCCCCCCCCCCCCCNC=S. The molecule has 1 N–H and O–H groups in total. The van der Waals surface area contributed by atoms with Gasteiger partial charge < -0.3 is 5.32 Å². The number of hydrogen-bond acceptors (Lipinski definition) is 1. The molecular weight excluding hydrogens is 274 g/mol. The minimum absolute atomic E-state index is 1.06. The topological polar surface area (TPSA) is 12.0 Å². The summed E-state index contributed by atoms with van der Waals surface area (Å²) in [6.45, 7) is 3.35. The molecule has 1 nitrogen and oxygen atoms in total. The number of rotatable bonds is 18. The molecule has 0 unspecified atom stereocenters. The molecule has 0 aliphatic carbocycles. The van der Waals surface area contributed by atoms with Gasteiger partial charge >= 0.3 is 0 Å². The van der Waals surface area contributed by atoms with Gasteiger partial charge in [-0.05, 0) is 6.42 Å². The Morgan fingerprint density at radius 3 is 1.24 bits per heavy atom. The quantitative estimate of drug-likeness (QED) is 0.221. The van der Waals surface area contributed by atoms with Gasteiger partial charge in [-0.15, -0.1) is 0 Å². The maximum Gasteiger partial charge on any atom is 0.0614 e. The fraction of sp³-hybridized carbons (Fsp3) is 0.947. The Hall–Kier alpha value is -0.110. The fourth-order valence-electron chi connectivity index (χ4n) is 2.83. The van der Waals surface area contributed by atoms with Gasteiger partial charge in [-0.3, -0.25) is 0 Å². The molecule has 0 fully saturated rings. The normalized spacial score (nSPS) is 10.7. The monoisotopic (exact) mass is 313 g/mol. The van der Waals surface area contributed by atoms with Gasteiger partial charge in [0, 0.05) is 6.54 Å². The molecule has 0 rings (SSSR count). The molecule has 0 aromatic heterocycles. The molecule has 0 spiro atoms. The Bertz CT molecular complexity index is 194. The van der Waals surface area contributed by atoms with Crippen molar-refractivity contribution < 1.29 is 0 Å². The molecule has 0 heterocycles. The van der Waals surface area contributed by atoms with Crippen molar-refractivity contribution in [2.75, 3.05) is 6.54 Å². The molecule has 0 bridgehead atoms. The lowest BCUT2D eigenvalue weighted by atomic mass is 10.0. The lowest BCUT2D eigenvalue weighted by molar-refractivity contribution is 0.529. The average Bonchev–Trinajstić information content (AvgIpc) is 2.50. The number of nitrogens with one attached hydrogen (secondary N) is 1. The van der Waals surface area contributed by atoms with Gasteiger partial charge in [0.2, 0.25) is 0 Å². The van der Waals surface area contributed by atoms with E-state index in [1.807, 2.05) is 0 Å². The molecule has 0 radical (unpaired) electrons. The summed E-state index contributed by atoms with van der Waals surface area (Å²) in [5, 5.41) is 3.09. The molecule has 0 saturated carbocycles. The summed E-state index contributed by atoms with van der Waals surface area (Å²) >= 11 is 4.73. The van der Waals surface area contributed by atoms with Gasteiger partial charge in [-0.1, -0.05) is 115 Å². The molecule has 0 aliphatic rings. The van der Waals surface area contributed by atoms with Crippen LogP contribution in [0.5, 0.6) is 0 Å². The molecule has 0 saturated heterocycles. The van der Waals surface area contributed by atoms with Crippen LogP contribution < -0.4 is 5.32 Å². The lowest BCUT2D eigenvalue weighted by Crippen LogP contribution is -2.10. The van der Waals surface area contributed by atoms with Crippen molar-refractivity contribution in [3.63, 3.8) is 0 Å². The smallest absolute Gasteiger partial charge is 0.0614 e. The zero-order valence-electron chi connectivity index (χ0n) is 14.5. The average molecular weight is 314 g/mol. The van der Waals surface area contributed by atoms with Gasteiger partial charge in [-0.2, -0.15) is 0 Å². The van der Waals surface area contributed by atoms with E-state index in [2.05, 4.69) is 12.2 Å². The minimum Gasteiger partial charge on any atom is -0.382 e. The van der Waals surface area contributed by atoms with Crippen LogP contribution in [0.15, 0.2) is 0 Å². The van der Waals surface area contributed by atoms with Gasteiger partial charge in [-0.25, -0.2) is 0 Å². The third-order valence-electron chi connectivity index (χ3n) is 4.26. The molecule has 2 heteroatoms. The van der Waals surface area contributed by atoms with E-state index in [1.165, 1.54) is 103 Å². The minimum atomic E-state index is 1.06. The predicted octanol–water partition coefficient (Wildman–Crippen LogP) is 6.79. The van der Waals surface area contributed by atoms with Gasteiger partial charge in [0.1, 0.15) is 0 Å². The van der Waals surface area contributed by atoms with Gasteiger partial charge in [0.05, 0.1) is 5.49 Å². The molecule has 0 aliphatic heterocycles. The van der Waals surface area contributed by atoms with Gasteiger partial charge in [0.25, 0.3) is 0 Å². The van der Waals surface area contributed by atoms with Crippen LogP contribution in [-0.4, -0.2) is 12.0 Å². The summed E-state index contributed by atoms with van der Waals surface area (Å²) in [7, 11) is 0. The third-order valence-corrected chi connectivity index (χ3v) is 4.42. The van der Waals surface area contributed by atoms with Crippen LogP contribution in [0.4, 0.5) is 0 Å². The van der Waals surface area contributed by atoms with Gasteiger partial charge in [0.15, 0.2) is 0 Å². The number of hydrogen-bond donors (Lipinski definition) is 1. The second-order valence-electron chi connectivity index (χ2n) is 6.38. The van der Waals surface area contributed by atoms with E-state index < -0.39 is 0 Å². The molecule has 21 heavy (non-hydrogen) atoms. The van der Waals surface area contributed by atoms with E-state index in [4.69, 9.17) is 12.2 Å². The van der Waals surface area contributed by atoms with Crippen LogP contribution in [0.1, 0.15) is 110 Å². The summed E-state index contributed by atoms with van der Waals surface area (Å²) in [5.41, 5.74) is 1.63. The molecule has 0 atom stereocenters. The standard InChI is InChI=1S/C19H39NS/c1-2-3-4-5-6-7-8-9-10-11-12-13-14-15-16-17-18-20-19-21/h19H,2-18H2,1H3,(H,20,21). The Morgan fingerprint density at radius 2 is 0.905 bits per heavy atom. The Labute approximate surface area is 139 Å². The molecule has 126 valence electrons. The maximum absolute atomic E-state index is 4.73. The van der Waals surface area contributed by atoms with Crippen LogP contribution >= 0.6 is 12.2 Å². The number of unbranched alkanes of at least 4 members (excludes halogenated alkanes) is 15. The van der Waals surface area contributed by atoms with E-state index in [9.17, 15) is 0 Å². The Kier molecular flexibility index (Phi) is 19.8. The van der Waals surface area contributed by atoms with Crippen LogP contribution in [-0.2, 0) is 0 Å². The first-order valence-electron chi connectivity index (χ1n) is 9.59. The lowest BCUT2D eigenvalue weighted by Gasteiger charge is -2.03. The van der Waals surface area contributed by atoms with Crippen molar-refractivity contribution in [3.05, 3.63) is 0 Å². The first kappa shape index (κ1) is 20.9. The van der Waals surface area contributed by atoms with Crippen LogP contribution in [0, 0.1) is 0 Å². The second kappa shape index (κ2) is 19.9. The Morgan fingerprint density at radius 1 is 0.571 bits per heavy atom. The van der Waals surface area contributed by atoms with Crippen LogP contribution in [0.2, 0.25) is 0 Å². The van der Waals surface area contributed by atoms with Crippen LogP contribution in [0.3, 0.4) is 0 Å². The van der Waals surface area contributed by atoms with Crippen molar-refractivity contribution in [2.24, 2.45) is 0 Å². The highest BCUT2D eigenvalue weighted by Crippen LogP contribution is 2.13. The summed E-state index contributed by atoms with van der Waals surface area (Å²) in [4.78, 5) is 0. The van der Waals surface area contributed by atoms with E-state index in [1.54, 1.807) is 5.49 Å². The van der Waals surface area contributed by atoms with Crippen molar-refractivity contribution in [2.45, 2.75) is 110 Å². The fourth-order valence-corrected chi connectivity index (χ4v) is 2.95. The van der Waals surface area contributed by atoms with Crippen molar-refractivity contribution in [3.8, 4) is 0 Å². The Balaban J connectivity index is 2.91. The van der Waals surface area contributed by atoms with Crippen LogP contribution in [0.25, 0.3) is 0 Å². The maximum atomic E-state index is 4.73. The zero-order valence-corrected chi connectivity index (χ0v) is 15.3. The summed E-state index contributed by atoms with van der Waals surface area (Å²) in [6.07, 6.45) is 22.9. The largest absolute Gasteiger partial charge is 0.382 e. The highest BCUT2D eigenvalue weighted by atomic mass is 32.1. The predicted molar refractivity (Wildman–Crippen MR) is 101 cm³/mol. The van der Waals surface area contributed by atoms with E-state index in [0.717, 1.165) is 6.54 Å². The van der Waals surface area contributed by atoms with E-state index in [-0.39, 0.29) is 0 Å². The zero-order chi connectivity index (χ0) is 15.4. The molecule has 0 amide bonds. The molecule has 0 aromatic rings. The highest BCUT2D eigenvalue weighted by Gasteiger charge is 1.94. The number of thiocarbonyl (C=S) groups is 1. The molecule has 0 aromatic carbocycles. The van der Waals surface area contributed by atoms with Crippen molar-refractivity contribution in [1.82, 2.24) is 5.32 Å². The van der Waals surface area contributed by atoms with Crippen molar-refractivity contribution in [1.29, 1.82) is 0 Å². The summed E-state index contributed by atoms with van der Waals surface area (Å²) in [5.74, 6) is 0. The van der Waals surface area contributed by atoms with E-state index in [0.29, 0.717) is 0 Å². The first-order valence-corrected chi connectivity index (χ1v) is 10.1. The summed E-state index contributed by atoms with van der Waals surface area (Å²) in [6, 6.07) is 0. The summed E-state index contributed by atoms with van der Waals surface area (Å²) < 4.78 is 0. The highest BCUT2D eigenvalue weighted by molar-refractivity contribution is 7.78.